The molecule has 0 aliphatic heterocycles. The highest BCUT2D eigenvalue weighted by atomic mass is 19.5. The fraction of sp³-hybridized carbons (Fsp3) is 0.500. The Labute approximate surface area is 125 Å². The van der Waals surface area contributed by atoms with E-state index in [1.165, 1.54) is 0 Å². The predicted molar refractivity (Wildman–Crippen MR) is 76.4 cm³/mol. The second-order valence-corrected chi connectivity index (χ2v) is 4.30. The van der Waals surface area contributed by atoms with Gasteiger partial charge in [0, 0.05) is 17.8 Å². The SMILES string of the molecule is CCC(O)N(c1ccc([N+]#N)cc1)C(O)CC.F[B-](F)(F)F. The molecular formula is C12H18BF4N3O2. The van der Waals surface area contributed by atoms with Gasteiger partial charge < -0.3 is 32.4 Å². The number of nitrogens with zero attached hydrogens (tertiary/aromatic N) is 3. The number of hydrogen-bond donors (Lipinski definition) is 2. The van der Waals surface area contributed by atoms with E-state index in [9.17, 15) is 27.5 Å². The van der Waals surface area contributed by atoms with Crippen molar-refractivity contribution < 1.29 is 27.5 Å². The Kier molecular flexibility index (Phi) is 8.44. The van der Waals surface area contributed by atoms with Crippen LogP contribution in [-0.2, 0) is 0 Å². The number of aliphatic hydroxyl groups excluding tert-OH is 2. The molecule has 1 rings (SSSR count). The first kappa shape index (κ1) is 20.1. The highest BCUT2D eigenvalue weighted by molar-refractivity contribution is 6.50. The maximum atomic E-state index is 9.89. The van der Waals surface area contributed by atoms with Gasteiger partial charge in [0.15, 0.2) is 4.98 Å². The minimum absolute atomic E-state index is 0.436. The fourth-order valence-electron chi connectivity index (χ4n) is 1.63. The van der Waals surface area contributed by atoms with E-state index in [0.717, 1.165) is 0 Å². The molecule has 0 saturated heterocycles. The summed E-state index contributed by atoms with van der Waals surface area (Å²) < 4.78 is 39.0. The Bertz CT molecular complexity index is 463. The third-order valence-electron chi connectivity index (χ3n) is 2.64. The molecule has 2 N–H and O–H groups in total. The predicted octanol–water partition coefficient (Wildman–Crippen LogP) is 3.73. The molecule has 0 fully saturated rings. The summed E-state index contributed by atoms with van der Waals surface area (Å²) in [6.07, 6.45) is -0.435. The van der Waals surface area contributed by atoms with Crippen molar-refractivity contribution in [3.8, 4) is 0 Å². The van der Waals surface area contributed by atoms with Crippen LogP contribution in [0.1, 0.15) is 26.7 Å². The lowest BCUT2D eigenvalue weighted by Crippen LogP contribution is -2.42. The van der Waals surface area contributed by atoms with Gasteiger partial charge in [-0.1, -0.05) is 13.8 Å². The number of anilines is 1. The molecular weight excluding hydrogens is 305 g/mol. The van der Waals surface area contributed by atoms with Crippen molar-refractivity contribution in [1.29, 1.82) is 5.39 Å². The Morgan fingerprint density at radius 2 is 1.41 bits per heavy atom. The Balaban J connectivity index is 0.000000763. The van der Waals surface area contributed by atoms with E-state index < -0.39 is 19.7 Å². The van der Waals surface area contributed by atoms with Gasteiger partial charge in [-0.15, -0.1) is 0 Å². The molecule has 0 amide bonds. The average molecular weight is 323 g/mol. The number of aliphatic hydroxyl groups is 2. The zero-order valence-electron chi connectivity index (χ0n) is 12.2. The minimum atomic E-state index is -6.00. The van der Waals surface area contributed by atoms with Crippen molar-refractivity contribution in [2.24, 2.45) is 0 Å². The molecule has 0 spiro atoms. The van der Waals surface area contributed by atoms with E-state index in [4.69, 9.17) is 5.39 Å². The van der Waals surface area contributed by atoms with Crippen LogP contribution in [0.5, 0.6) is 0 Å². The van der Waals surface area contributed by atoms with Crippen LogP contribution in [0.25, 0.3) is 4.98 Å². The zero-order chi connectivity index (χ0) is 17.3. The number of halogens is 4. The molecule has 0 aromatic heterocycles. The van der Waals surface area contributed by atoms with Gasteiger partial charge >= 0.3 is 12.9 Å². The average Bonchev–Trinajstić information content (AvgIpc) is 2.46. The van der Waals surface area contributed by atoms with Gasteiger partial charge in [0.25, 0.3) is 0 Å². The fourth-order valence-corrected chi connectivity index (χ4v) is 1.63. The van der Waals surface area contributed by atoms with Gasteiger partial charge in [-0.2, -0.15) is 0 Å². The van der Waals surface area contributed by atoms with Crippen LogP contribution in [0, 0.1) is 5.39 Å². The second kappa shape index (κ2) is 9.22. The monoisotopic (exact) mass is 323 g/mol. The molecule has 0 aliphatic rings. The normalized spacial score (nSPS) is 13.4. The Morgan fingerprint density at radius 1 is 1.05 bits per heavy atom. The van der Waals surface area contributed by atoms with Gasteiger partial charge in [-0.05, 0) is 25.0 Å². The first-order chi connectivity index (χ1) is 10.1. The zero-order valence-corrected chi connectivity index (χ0v) is 12.2. The van der Waals surface area contributed by atoms with Gasteiger partial charge in [0.05, 0.1) is 0 Å². The summed E-state index contributed by atoms with van der Waals surface area (Å²) in [4.78, 5) is 4.60. The van der Waals surface area contributed by atoms with Gasteiger partial charge in [-0.3, -0.25) is 0 Å². The minimum Gasteiger partial charge on any atom is -0.418 e. The van der Waals surface area contributed by atoms with Crippen molar-refractivity contribution >= 4 is 18.6 Å². The van der Waals surface area contributed by atoms with Crippen LogP contribution in [-0.4, -0.2) is 29.9 Å². The second-order valence-electron chi connectivity index (χ2n) is 4.30. The number of hydrogen-bond acceptors (Lipinski definition) is 4. The topological polar surface area (TPSA) is 71.8 Å². The molecule has 124 valence electrons. The van der Waals surface area contributed by atoms with Crippen molar-refractivity contribution in [2.75, 3.05) is 4.90 Å². The summed E-state index contributed by atoms with van der Waals surface area (Å²) in [5.74, 6) is 0. The highest BCUT2D eigenvalue weighted by Crippen LogP contribution is 2.24. The molecule has 5 nitrogen and oxygen atoms in total. The molecule has 22 heavy (non-hydrogen) atoms. The third kappa shape index (κ3) is 7.80. The quantitative estimate of drug-likeness (QED) is 0.375. The van der Waals surface area contributed by atoms with E-state index in [1.54, 1.807) is 29.2 Å². The molecule has 0 heterocycles. The summed E-state index contributed by atoms with van der Waals surface area (Å²) in [6, 6.07) is 6.64. The van der Waals surface area contributed by atoms with Crippen LogP contribution < -0.4 is 4.90 Å². The van der Waals surface area contributed by atoms with E-state index in [0.29, 0.717) is 24.2 Å². The molecule has 2 unspecified atom stereocenters. The number of rotatable bonds is 5. The molecule has 10 heteroatoms. The lowest BCUT2D eigenvalue weighted by Gasteiger charge is -2.33. The van der Waals surface area contributed by atoms with E-state index >= 15 is 0 Å². The van der Waals surface area contributed by atoms with Crippen molar-refractivity contribution in [2.45, 2.75) is 39.1 Å². The Hall–Kier alpha value is -1.86. The molecule has 1 aromatic carbocycles. The van der Waals surface area contributed by atoms with E-state index in [-0.39, 0.29) is 0 Å². The summed E-state index contributed by atoms with van der Waals surface area (Å²) in [6.45, 7) is 3.69. The maximum Gasteiger partial charge on any atom is 0.673 e. The van der Waals surface area contributed by atoms with Crippen LogP contribution in [0.3, 0.4) is 0 Å². The summed E-state index contributed by atoms with van der Waals surface area (Å²) in [5, 5.41) is 28.4. The standard InChI is InChI=1S/C12H18N3O2.BF4/c1-3-11(16)15(12(17)4-2)10-7-5-9(14-13)6-8-10;2-1(3,4)5/h5-8,11-12,16-17H,3-4H2,1-2H3;/q+1;-1. The van der Waals surface area contributed by atoms with E-state index in [2.05, 4.69) is 4.98 Å². The first-order valence-electron chi connectivity index (χ1n) is 6.60. The van der Waals surface area contributed by atoms with Crippen molar-refractivity contribution in [1.82, 2.24) is 0 Å². The number of benzene rings is 1. The van der Waals surface area contributed by atoms with Crippen molar-refractivity contribution in [3.63, 3.8) is 0 Å². The molecule has 2 atom stereocenters. The molecule has 1 aromatic rings. The lowest BCUT2D eigenvalue weighted by molar-refractivity contribution is 0.0798. The summed E-state index contributed by atoms with van der Waals surface area (Å²) in [5.41, 5.74) is 1.13. The molecule has 0 saturated carbocycles. The Morgan fingerprint density at radius 3 is 1.68 bits per heavy atom. The maximum absolute atomic E-state index is 9.89. The van der Waals surface area contributed by atoms with Crippen LogP contribution >= 0.6 is 0 Å². The highest BCUT2D eigenvalue weighted by Gasteiger charge is 2.22. The third-order valence-corrected chi connectivity index (χ3v) is 2.64. The van der Waals surface area contributed by atoms with Gasteiger partial charge in [-0.25, -0.2) is 0 Å². The van der Waals surface area contributed by atoms with Crippen LogP contribution in [0.2, 0.25) is 0 Å². The first-order valence-corrected chi connectivity index (χ1v) is 6.60. The number of diazo groups is 1. The summed E-state index contributed by atoms with van der Waals surface area (Å²) in [7, 11) is -6.00. The molecule has 0 radical (unpaired) electrons. The van der Waals surface area contributed by atoms with Gasteiger partial charge in [0.2, 0.25) is 5.39 Å². The molecule has 0 aliphatic carbocycles. The van der Waals surface area contributed by atoms with Crippen molar-refractivity contribution in [3.05, 3.63) is 29.2 Å². The molecule has 0 bridgehead atoms. The summed E-state index contributed by atoms with van der Waals surface area (Å²) >= 11 is 0. The van der Waals surface area contributed by atoms with Crippen LogP contribution in [0.15, 0.2) is 24.3 Å². The van der Waals surface area contributed by atoms with Gasteiger partial charge in [0.1, 0.15) is 12.5 Å². The smallest absolute Gasteiger partial charge is 0.418 e. The lowest BCUT2D eigenvalue weighted by atomic mass is 10.2. The van der Waals surface area contributed by atoms with Crippen LogP contribution in [0.4, 0.5) is 28.6 Å². The largest absolute Gasteiger partial charge is 0.673 e. The van der Waals surface area contributed by atoms with E-state index in [1.807, 2.05) is 13.8 Å².